The minimum Gasteiger partial charge on any atom is -0.352 e. The molecule has 1 amide bonds. The Hall–Kier alpha value is -4.89. The van der Waals surface area contributed by atoms with Gasteiger partial charge in [0.2, 0.25) is 5.91 Å². The molecule has 0 aliphatic carbocycles. The second kappa shape index (κ2) is 9.60. The fourth-order valence-corrected chi connectivity index (χ4v) is 7.10. The van der Waals surface area contributed by atoms with E-state index in [0.29, 0.717) is 16.8 Å². The van der Waals surface area contributed by atoms with Crippen molar-refractivity contribution in [3.05, 3.63) is 140 Å². The summed E-state index contributed by atoms with van der Waals surface area (Å²) in [5.41, 5.74) is 1.86. The molecule has 0 radical (unpaired) electrons. The topological polar surface area (TPSA) is 110 Å². The molecular formula is C33H22BrN3O5. The number of anilines is 2. The highest BCUT2D eigenvalue weighted by Gasteiger charge is 2.70. The summed E-state index contributed by atoms with van der Waals surface area (Å²) >= 11 is 3.42. The lowest BCUT2D eigenvalue weighted by atomic mass is 9.64. The number of carbonyl (C=O) groups is 3. The number of nitrogens with zero attached hydrogens (tertiary/aromatic N) is 2. The predicted molar refractivity (Wildman–Crippen MR) is 162 cm³/mol. The molecule has 0 aromatic heterocycles. The number of non-ortho nitro benzene ring substituents is 1. The van der Waals surface area contributed by atoms with Gasteiger partial charge in [-0.25, -0.2) is 0 Å². The third-order valence-electron chi connectivity index (χ3n) is 8.58. The zero-order chi connectivity index (χ0) is 29.2. The van der Waals surface area contributed by atoms with Crippen LogP contribution < -0.4 is 10.2 Å². The molecule has 9 heteroatoms. The highest BCUT2D eigenvalue weighted by atomic mass is 79.9. The zero-order valence-corrected chi connectivity index (χ0v) is 23.5. The van der Waals surface area contributed by atoms with Crippen molar-refractivity contribution in [2.24, 2.45) is 5.92 Å². The van der Waals surface area contributed by atoms with Crippen LogP contribution in [0.5, 0.6) is 0 Å². The summed E-state index contributed by atoms with van der Waals surface area (Å²) in [5, 5.41) is 14.3. The van der Waals surface area contributed by atoms with Crippen LogP contribution in [0.1, 0.15) is 31.8 Å². The van der Waals surface area contributed by atoms with Gasteiger partial charge >= 0.3 is 0 Å². The quantitative estimate of drug-likeness (QED) is 0.161. The summed E-state index contributed by atoms with van der Waals surface area (Å²) in [6.07, 6.45) is 3.85. The molecule has 4 aromatic carbocycles. The Morgan fingerprint density at radius 3 is 2.24 bits per heavy atom. The lowest BCUT2D eigenvalue weighted by Crippen LogP contribution is -2.51. The van der Waals surface area contributed by atoms with Gasteiger partial charge in [-0.3, -0.25) is 24.5 Å². The van der Waals surface area contributed by atoms with Gasteiger partial charge in [0.15, 0.2) is 11.6 Å². The summed E-state index contributed by atoms with van der Waals surface area (Å²) in [6.45, 7) is 0. The highest BCUT2D eigenvalue weighted by Crippen LogP contribution is 2.58. The summed E-state index contributed by atoms with van der Waals surface area (Å²) in [4.78, 5) is 56.4. The normalized spacial score (nSPS) is 23.2. The van der Waals surface area contributed by atoms with Crippen LogP contribution in [-0.4, -0.2) is 34.5 Å². The molecule has 42 heavy (non-hydrogen) atoms. The summed E-state index contributed by atoms with van der Waals surface area (Å²) < 4.78 is 0.789. The van der Waals surface area contributed by atoms with E-state index in [1.54, 1.807) is 30.3 Å². The number of carbonyl (C=O) groups excluding carboxylic acids is 3. The average molecular weight is 620 g/mol. The number of fused-ring (bicyclic) bond motifs is 6. The number of hydrogen-bond donors (Lipinski definition) is 1. The van der Waals surface area contributed by atoms with Crippen molar-refractivity contribution in [3.63, 3.8) is 0 Å². The highest BCUT2D eigenvalue weighted by molar-refractivity contribution is 9.10. The van der Waals surface area contributed by atoms with Crippen molar-refractivity contribution in [3.8, 4) is 0 Å². The monoisotopic (exact) mass is 619 g/mol. The molecule has 4 aromatic rings. The molecule has 0 saturated carbocycles. The number of nitro groups is 1. The number of nitro benzene ring substituents is 1. The number of hydrogen-bond acceptors (Lipinski definition) is 6. The summed E-state index contributed by atoms with van der Waals surface area (Å²) in [6, 6.07) is 25.4. The predicted octanol–water partition coefficient (Wildman–Crippen LogP) is 6.21. The lowest BCUT2D eigenvalue weighted by molar-refractivity contribution is -0.384. The van der Waals surface area contributed by atoms with E-state index in [1.165, 1.54) is 24.3 Å². The third-order valence-corrected chi connectivity index (χ3v) is 9.11. The Labute approximate surface area is 248 Å². The molecule has 0 unspecified atom stereocenters. The molecule has 7 rings (SSSR count). The van der Waals surface area contributed by atoms with Crippen molar-refractivity contribution in [2.75, 3.05) is 10.2 Å². The average Bonchev–Trinajstić information content (AvgIpc) is 3.49. The van der Waals surface area contributed by atoms with Crippen molar-refractivity contribution in [1.82, 2.24) is 0 Å². The third kappa shape index (κ3) is 3.63. The number of ketones is 2. The van der Waals surface area contributed by atoms with Crippen LogP contribution in [0.4, 0.5) is 17.1 Å². The molecule has 3 aliphatic heterocycles. The molecule has 206 valence electrons. The van der Waals surface area contributed by atoms with Gasteiger partial charge in [0, 0.05) is 39.1 Å². The van der Waals surface area contributed by atoms with Crippen LogP contribution in [0.15, 0.2) is 108 Å². The van der Waals surface area contributed by atoms with Gasteiger partial charge in [0.25, 0.3) is 5.69 Å². The smallest absolute Gasteiger partial charge is 0.269 e. The van der Waals surface area contributed by atoms with Crippen LogP contribution in [-0.2, 0) is 10.2 Å². The standard InChI is InChI=1S/C33H22BrN3O5/c34-22-14-9-20(10-15-22)30(38)28-29(31(39)21-11-16-23(17-12-21)37(41)42)36-26-8-4-1-5-19(26)13-18-27(36)33(28)24-6-2-3-7-25(24)35-32(33)40/h1-18,27-29H,(H,35,40)/t27-,28+,29+,33-/m1/s1. The molecule has 8 nitrogen and oxygen atoms in total. The van der Waals surface area contributed by atoms with E-state index in [1.807, 2.05) is 59.5 Å². The van der Waals surface area contributed by atoms with Gasteiger partial charge in [-0.1, -0.05) is 76.6 Å². The molecule has 1 N–H and O–H groups in total. The van der Waals surface area contributed by atoms with Crippen LogP contribution >= 0.6 is 15.9 Å². The molecule has 1 saturated heterocycles. The Kier molecular flexibility index (Phi) is 5.95. The summed E-state index contributed by atoms with van der Waals surface area (Å²) in [5.74, 6) is -2.21. The largest absolute Gasteiger partial charge is 0.352 e. The number of para-hydroxylation sites is 2. The van der Waals surface area contributed by atoms with Gasteiger partial charge in [0.05, 0.1) is 16.9 Å². The second-order valence-electron chi connectivity index (χ2n) is 10.6. The molecule has 1 fully saturated rings. The van der Waals surface area contributed by atoms with E-state index >= 15 is 0 Å². The summed E-state index contributed by atoms with van der Waals surface area (Å²) in [7, 11) is 0. The number of nitrogens with one attached hydrogen (secondary N) is 1. The fourth-order valence-electron chi connectivity index (χ4n) is 6.83. The molecule has 3 heterocycles. The van der Waals surface area contributed by atoms with Gasteiger partial charge in [0.1, 0.15) is 11.5 Å². The van der Waals surface area contributed by atoms with E-state index in [0.717, 1.165) is 15.7 Å². The first kappa shape index (κ1) is 26.0. The first-order chi connectivity index (χ1) is 20.3. The minimum absolute atomic E-state index is 0.148. The Bertz CT molecular complexity index is 1840. The van der Waals surface area contributed by atoms with Crippen LogP contribution in [0.25, 0.3) is 6.08 Å². The van der Waals surface area contributed by atoms with E-state index < -0.39 is 34.1 Å². The number of rotatable bonds is 5. The second-order valence-corrected chi connectivity index (χ2v) is 11.5. The molecule has 3 aliphatic rings. The van der Waals surface area contributed by atoms with Gasteiger partial charge in [-0.15, -0.1) is 0 Å². The van der Waals surface area contributed by atoms with Crippen LogP contribution in [0, 0.1) is 16.0 Å². The first-order valence-electron chi connectivity index (χ1n) is 13.4. The van der Waals surface area contributed by atoms with Crippen molar-refractivity contribution in [1.29, 1.82) is 0 Å². The molecule has 0 bridgehead atoms. The maximum absolute atomic E-state index is 14.7. The number of halogens is 1. The van der Waals surface area contributed by atoms with Gasteiger partial charge in [-0.05, 0) is 47.5 Å². The SMILES string of the molecule is O=C(c1ccc([N+](=O)[O-])cc1)[C@@H]1[C@@H](C(=O)c2ccc(Br)cc2)[C@]2(C(=O)Nc3ccccc32)[C@H]2C=Cc3ccccc3N12. The van der Waals surface area contributed by atoms with Crippen LogP contribution in [0.2, 0.25) is 0 Å². The van der Waals surface area contributed by atoms with Gasteiger partial charge in [-0.2, -0.15) is 0 Å². The van der Waals surface area contributed by atoms with E-state index in [9.17, 15) is 24.5 Å². The van der Waals surface area contributed by atoms with E-state index in [2.05, 4.69) is 21.2 Å². The molecular weight excluding hydrogens is 598 g/mol. The molecule has 1 spiro atoms. The Balaban J connectivity index is 1.51. The number of benzene rings is 4. The lowest BCUT2D eigenvalue weighted by Gasteiger charge is -2.37. The maximum Gasteiger partial charge on any atom is 0.269 e. The van der Waals surface area contributed by atoms with Crippen LogP contribution in [0.3, 0.4) is 0 Å². The van der Waals surface area contributed by atoms with Crippen molar-refractivity contribution >= 4 is 56.5 Å². The molecule has 4 atom stereocenters. The van der Waals surface area contributed by atoms with Crippen molar-refractivity contribution in [2.45, 2.75) is 17.5 Å². The Morgan fingerprint density at radius 2 is 1.50 bits per heavy atom. The van der Waals surface area contributed by atoms with Gasteiger partial charge < -0.3 is 10.2 Å². The van der Waals surface area contributed by atoms with E-state index in [-0.39, 0.29) is 22.9 Å². The van der Waals surface area contributed by atoms with Crippen molar-refractivity contribution < 1.29 is 19.3 Å². The maximum atomic E-state index is 14.7. The fraction of sp³-hybridized carbons (Fsp3) is 0.121. The first-order valence-corrected chi connectivity index (χ1v) is 14.2. The minimum atomic E-state index is -1.42. The number of amides is 1. The Morgan fingerprint density at radius 1 is 0.857 bits per heavy atom. The number of Topliss-reactive ketones (excluding diaryl/α,β-unsaturated/α-hetero) is 2. The van der Waals surface area contributed by atoms with E-state index in [4.69, 9.17) is 0 Å². The zero-order valence-electron chi connectivity index (χ0n) is 21.9.